The van der Waals surface area contributed by atoms with Crippen molar-refractivity contribution in [1.29, 1.82) is 0 Å². The van der Waals surface area contributed by atoms with Crippen LogP contribution < -0.4 is 20.7 Å². The van der Waals surface area contributed by atoms with Gasteiger partial charge in [0.25, 0.3) is 5.91 Å². The second-order valence-corrected chi connectivity index (χ2v) is 5.77. The Bertz CT molecular complexity index is 695. The van der Waals surface area contributed by atoms with E-state index in [9.17, 15) is 4.79 Å². The maximum atomic E-state index is 12.4. The second kappa shape index (κ2) is 8.97. The third-order valence-corrected chi connectivity index (χ3v) is 3.99. The molecule has 0 radical (unpaired) electrons. The van der Waals surface area contributed by atoms with E-state index in [4.69, 9.17) is 10.5 Å². The Kier molecular flexibility index (Phi) is 6.69. The lowest BCUT2D eigenvalue weighted by Gasteiger charge is -2.21. The van der Waals surface area contributed by atoms with Gasteiger partial charge in [0.05, 0.1) is 12.3 Å². The summed E-state index contributed by atoms with van der Waals surface area (Å²) in [5.41, 5.74) is 8.84. The fourth-order valence-corrected chi connectivity index (χ4v) is 2.58. The van der Waals surface area contributed by atoms with Gasteiger partial charge < -0.3 is 20.7 Å². The zero-order valence-electron chi connectivity index (χ0n) is 15.2. The van der Waals surface area contributed by atoms with Crippen molar-refractivity contribution in [2.45, 2.75) is 27.2 Å². The molecule has 0 unspecified atom stereocenters. The van der Waals surface area contributed by atoms with Gasteiger partial charge in [-0.05, 0) is 62.7 Å². The van der Waals surface area contributed by atoms with Crippen LogP contribution in [0.3, 0.4) is 0 Å². The normalized spacial score (nSPS) is 10.4. The molecule has 2 rings (SSSR count). The zero-order valence-corrected chi connectivity index (χ0v) is 15.2. The van der Waals surface area contributed by atoms with Crippen molar-refractivity contribution in [2.75, 3.05) is 35.6 Å². The summed E-state index contributed by atoms with van der Waals surface area (Å²) in [5, 5.41) is 2.90. The molecule has 0 aliphatic carbocycles. The topological polar surface area (TPSA) is 67.6 Å². The van der Waals surface area contributed by atoms with Crippen LogP contribution in [0.4, 0.5) is 17.1 Å². The van der Waals surface area contributed by atoms with Gasteiger partial charge in [0.2, 0.25) is 0 Å². The molecule has 0 aliphatic rings. The van der Waals surface area contributed by atoms with Crippen LogP contribution in [0.15, 0.2) is 42.5 Å². The molecule has 0 bridgehead atoms. The van der Waals surface area contributed by atoms with E-state index in [1.165, 1.54) is 0 Å². The maximum Gasteiger partial charge on any atom is 0.255 e. The van der Waals surface area contributed by atoms with Gasteiger partial charge in [-0.15, -0.1) is 0 Å². The van der Waals surface area contributed by atoms with E-state index in [-0.39, 0.29) is 5.91 Å². The van der Waals surface area contributed by atoms with Gasteiger partial charge in [-0.25, -0.2) is 0 Å². The standard InChI is InChI=1S/C20H27N3O2/c1-4-13-25-19-12-7-15(14-18(19)21)20(24)22-16-8-10-17(11-9-16)23(5-2)6-3/h7-12,14H,4-6,13,21H2,1-3H3,(H,22,24). The number of rotatable bonds is 8. The van der Waals surface area contributed by atoms with Crippen molar-refractivity contribution >= 4 is 23.0 Å². The van der Waals surface area contributed by atoms with Crippen LogP contribution in [0, 0.1) is 0 Å². The highest BCUT2D eigenvalue weighted by Crippen LogP contribution is 2.24. The van der Waals surface area contributed by atoms with Gasteiger partial charge in [-0.3, -0.25) is 4.79 Å². The number of anilines is 3. The van der Waals surface area contributed by atoms with Crippen LogP contribution in [0.1, 0.15) is 37.6 Å². The third-order valence-electron chi connectivity index (χ3n) is 3.99. The molecule has 0 fully saturated rings. The molecule has 3 N–H and O–H groups in total. The molecule has 5 nitrogen and oxygen atoms in total. The Morgan fingerprint density at radius 2 is 1.76 bits per heavy atom. The van der Waals surface area contributed by atoms with Crippen molar-refractivity contribution in [3.05, 3.63) is 48.0 Å². The number of nitrogens with two attached hydrogens (primary N) is 1. The quantitative estimate of drug-likeness (QED) is 0.708. The molecule has 2 aromatic carbocycles. The lowest BCUT2D eigenvalue weighted by molar-refractivity contribution is 0.102. The van der Waals surface area contributed by atoms with Crippen LogP contribution >= 0.6 is 0 Å². The van der Waals surface area contributed by atoms with E-state index in [1.807, 2.05) is 31.2 Å². The highest BCUT2D eigenvalue weighted by Gasteiger charge is 2.10. The van der Waals surface area contributed by atoms with Crippen LogP contribution in [-0.2, 0) is 0 Å². The predicted molar refractivity (Wildman–Crippen MR) is 105 cm³/mol. The van der Waals surface area contributed by atoms with Crippen molar-refractivity contribution in [3.63, 3.8) is 0 Å². The zero-order chi connectivity index (χ0) is 18.2. The number of nitrogens with zero attached hydrogens (tertiary/aromatic N) is 1. The van der Waals surface area contributed by atoms with E-state index in [0.717, 1.165) is 30.9 Å². The van der Waals surface area contributed by atoms with Crippen molar-refractivity contribution in [1.82, 2.24) is 0 Å². The number of hydrogen-bond acceptors (Lipinski definition) is 4. The molecular formula is C20H27N3O2. The average Bonchev–Trinajstić information content (AvgIpc) is 2.63. The lowest BCUT2D eigenvalue weighted by atomic mass is 10.1. The van der Waals surface area contributed by atoms with Gasteiger partial charge in [-0.1, -0.05) is 6.92 Å². The van der Waals surface area contributed by atoms with E-state index in [0.29, 0.717) is 23.6 Å². The summed E-state index contributed by atoms with van der Waals surface area (Å²) >= 11 is 0. The fourth-order valence-electron chi connectivity index (χ4n) is 2.58. The first kappa shape index (κ1) is 18.6. The number of nitrogen functional groups attached to an aromatic ring is 1. The lowest BCUT2D eigenvalue weighted by Crippen LogP contribution is -2.21. The number of amides is 1. The molecule has 2 aromatic rings. The Morgan fingerprint density at radius 1 is 1.08 bits per heavy atom. The van der Waals surface area contributed by atoms with Crippen LogP contribution in [0.5, 0.6) is 5.75 Å². The summed E-state index contributed by atoms with van der Waals surface area (Å²) < 4.78 is 5.53. The highest BCUT2D eigenvalue weighted by atomic mass is 16.5. The van der Waals surface area contributed by atoms with Gasteiger partial charge in [0, 0.05) is 30.0 Å². The summed E-state index contributed by atoms with van der Waals surface area (Å²) in [6.07, 6.45) is 0.908. The molecule has 134 valence electrons. The summed E-state index contributed by atoms with van der Waals surface area (Å²) in [5.74, 6) is 0.423. The largest absolute Gasteiger partial charge is 0.491 e. The Balaban J connectivity index is 2.05. The smallest absolute Gasteiger partial charge is 0.255 e. The molecule has 25 heavy (non-hydrogen) atoms. The molecule has 0 atom stereocenters. The van der Waals surface area contributed by atoms with Crippen LogP contribution in [-0.4, -0.2) is 25.6 Å². The van der Waals surface area contributed by atoms with Gasteiger partial charge in [0.15, 0.2) is 0 Å². The van der Waals surface area contributed by atoms with Crippen molar-refractivity contribution in [2.24, 2.45) is 0 Å². The first-order chi connectivity index (χ1) is 12.1. The minimum atomic E-state index is -0.190. The molecule has 0 saturated carbocycles. The van der Waals surface area contributed by atoms with Gasteiger partial charge in [-0.2, -0.15) is 0 Å². The van der Waals surface area contributed by atoms with E-state index in [2.05, 4.69) is 24.1 Å². The Morgan fingerprint density at radius 3 is 2.32 bits per heavy atom. The fraction of sp³-hybridized carbons (Fsp3) is 0.350. The van der Waals surface area contributed by atoms with Gasteiger partial charge >= 0.3 is 0 Å². The molecule has 0 saturated heterocycles. The number of benzene rings is 2. The SMILES string of the molecule is CCCOc1ccc(C(=O)Nc2ccc(N(CC)CC)cc2)cc1N. The molecule has 1 amide bonds. The second-order valence-electron chi connectivity index (χ2n) is 5.77. The summed E-state index contributed by atoms with van der Waals surface area (Å²) in [6, 6.07) is 13.0. The number of carbonyl (C=O) groups excluding carboxylic acids is 1. The maximum absolute atomic E-state index is 12.4. The minimum Gasteiger partial charge on any atom is -0.491 e. The first-order valence-corrected chi connectivity index (χ1v) is 8.77. The number of ether oxygens (including phenoxy) is 1. The average molecular weight is 341 g/mol. The van der Waals surface area contributed by atoms with Crippen molar-refractivity contribution in [3.8, 4) is 5.75 Å². The Hall–Kier alpha value is -2.69. The third kappa shape index (κ3) is 4.89. The van der Waals surface area contributed by atoms with Crippen LogP contribution in [0.25, 0.3) is 0 Å². The molecule has 0 spiro atoms. The molecular weight excluding hydrogens is 314 g/mol. The van der Waals surface area contributed by atoms with E-state index >= 15 is 0 Å². The van der Waals surface area contributed by atoms with Crippen LogP contribution in [0.2, 0.25) is 0 Å². The first-order valence-electron chi connectivity index (χ1n) is 8.77. The molecule has 0 heterocycles. The molecule has 0 aromatic heterocycles. The van der Waals surface area contributed by atoms with Gasteiger partial charge in [0.1, 0.15) is 5.75 Å². The van der Waals surface area contributed by atoms with E-state index in [1.54, 1.807) is 18.2 Å². The highest BCUT2D eigenvalue weighted by molar-refractivity contribution is 6.05. The van der Waals surface area contributed by atoms with E-state index < -0.39 is 0 Å². The molecule has 5 heteroatoms. The number of hydrogen-bond donors (Lipinski definition) is 2. The Labute approximate surface area is 149 Å². The number of carbonyl (C=O) groups is 1. The van der Waals surface area contributed by atoms with Crippen molar-refractivity contribution < 1.29 is 9.53 Å². The minimum absolute atomic E-state index is 0.190. The monoisotopic (exact) mass is 341 g/mol. The summed E-state index contributed by atoms with van der Waals surface area (Å²) in [4.78, 5) is 14.7. The summed E-state index contributed by atoms with van der Waals surface area (Å²) in [7, 11) is 0. The number of nitrogens with one attached hydrogen (secondary N) is 1. The molecule has 0 aliphatic heterocycles. The summed E-state index contributed by atoms with van der Waals surface area (Å²) in [6.45, 7) is 8.79. The predicted octanol–water partition coefficient (Wildman–Crippen LogP) is 4.16.